The molecule has 0 fully saturated rings. The van der Waals surface area contributed by atoms with E-state index in [-0.39, 0.29) is 5.56 Å². The first-order chi connectivity index (χ1) is 14.3. The van der Waals surface area contributed by atoms with E-state index in [0.29, 0.717) is 12.4 Å². The van der Waals surface area contributed by atoms with Gasteiger partial charge in [0.2, 0.25) is 0 Å². The van der Waals surface area contributed by atoms with E-state index in [1.165, 1.54) is 18.5 Å². The number of benzene rings is 1. The fraction of sp³-hybridized carbons (Fsp3) is 0.318. The van der Waals surface area contributed by atoms with Crippen LogP contribution in [0.2, 0.25) is 0 Å². The fourth-order valence-corrected chi connectivity index (χ4v) is 3.72. The fourth-order valence-electron chi connectivity index (χ4n) is 3.72. The first kappa shape index (κ1) is 20.1. The number of fused-ring (bicyclic) bond motifs is 1. The van der Waals surface area contributed by atoms with Gasteiger partial charge >= 0.3 is 6.18 Å². The Hall–Kier alpha value is -3.16. The van der Waals surface area contributed by atoms with Gasteiger partial charge in [0.15, 0.2) is 0 Å². The van der Waals surface area contributed by atoms with Crippen molar-refractivity contribution in [3.63, 3.8) is 0 Å². The van der Waals surface area contributed by atoms with Crippen molar-refractivity contribution in [3.05, 3.63) is 76.9 Å². The van der Waals surface area contributed by atoms with Gasteiger partial charge < -0.3 is 10.2 Å². The Labute approximate surface area is 173 Å². The molecular formula is C22H22F3N5. The van der Waals surface area contributed by atoms with E-state index in [1.54, 1.807) is 13.0 Å². The van der Waals surface area contributed by atoms with E-state index in [1.807, 2.05) is 25.3 Å². The molecule has 0 saturated heterocycles. The van der Waals surface area contributed by atoms with E-state index in [0.717, 1.165) is 41.7 Å². The highest BCUT2D eigenvalue weighted by atomic mass is 19.4. The number of hydrogen-bond acceptors (Lipinski definition) is 5. The Kier molecular flexibility index (Phi) is 5.32. The van der Waals surface area contributed by atoms with Crippen LogP contribution in [-0.2, 0) is 19.1 Å². The summed E-state index contributed by atoms with van der Waals surface area (Å²) in [7, 11) is 0. The molecule has 3 heterocycles. The average molecular weight is 413 g/mol. The van der Waals surface area contributed by atoms with Crippen LogP contribution >= 0.6 is 0 Å². The Balaban J connectivity index is 1.61. The molecule has 30 heavy (non-hydrogen) atoms. The lowest BCUT2D eigenvalue weighted by molar-refractivity contribution is -0.138. The molecule has 4 rings (SSSR count). The van der Waals surface area contributed by atoms with E-state index < -0.39 is 17.8 Å². The first-order valence-corrected chi connectivity index (χ1v) is 9.76. The number of aromatic nitrogens is 3. The zero-order chi connectivity index (χ0) is 21.3. The Bertz CT molecular complexity index is 1030. The number of rotatable bonds is 4. The van der Waals surface area contributed by atoms with Gasteiger partial charge in [-0.3, -0.25) is 0 Å². The predicted molar refractivity (Wildman–Crippen MR) is 109 cm³/mol. The van der Waals surface area contributed by atoms with E-state index in [2.05, 4.69) is 25.2 Å². The molecule has 0 aliphatic carbocycles. The molecule has 1 unspecified atom stereocenters. The summed E-state index contributed by atoms with van der Waals surface area (Å²) >= 11 is 0. The quantitative estimate of drug-likeness (QED) is 0.657. The molecule has 2 aromatic heterocycles. The second-order valence-corrected chi connectivity index (χ2v) is 7.46. The van der Waals surface area contributed by atoms with Gasteiger partial charge in [-0.1, -0.05) is 24.3 Å². The smallest absolute Gasteiger partial charge is 0.363 e. The summed E-state index contributed by atoms with van der Waals surface area (Å²) in [5.74, 6) is 1.41. The number of halogens is 3. The summed E-state index contributed by atoms with van der Waals surface area (Å²) in [6.45, 7) is 5.01. The van der Waals surface area contributed by atoms with Crippen molar-refractivity contribution in [1.29, 1.82) is 0 Å². The lowest BCUT2D eigenvalue weighted by atomic mass is 10.00. The van der Waals surface area contributed by atoms with Gasteiger partial charge in [0.1, 0.15) is 18.0 Å². The van der Waals surface area contributed by atoms with Gasteiger partial charge in [-0.05, 0) is 37.1 Å². The van der Waals surface area contributed by atoms with Gasteiger partial charge in [0.25, 0.3) is 0 Å². The van der Waals surface area contributed by atoms with Crippen LogP contribution < -0.4 is 10.2 Å². The third-order valence-corrected chi connectivity index (χ3v) is 5.31. The molecule has 0 amide bonds. The number of nitrogens with zero attached hydrogens (tertiary/aromatic N) is 4. The topological polar surface area (TPSA) is 53.9 Å². The van der Waals surface area contributed by atoms with Crippen molar-refractivity contribution < 1.29 is 13.2 Å². The molecule has 0 bridgehead atoms. The minimum Gasteiger partial charge on any atom is -0.363 e. The third kappa shape index (κ3) is 4.08. The highest BCUT2D eigenvalue weighted by molar-refractivity contribution is 5.53. The monoisotopic (exact) mass is 413 g/mol. The van der Waals surface area contributed by atoms with Crippen LogP contribution in [-0.4, -0.2) is 21.5 Å². The molecule has 5 nitrogen and oxygen atoms in total. The Morgan fingerprint density at radius 2 is 1.87 bits per heavy atom. The largest absolute Gasteiger partial charge is 0.416 e. The second-order valence-electron chi connectivity index (χ2n) is 7.46. The van der Waals surface area contributed by atoms with Crippen LogP contribution in [0.4, 0.5) is 24.8 Å². The molecule has 0 radical (unpaired) electrons. The number of hydrogen-bond donors (Lipinski definition) is 1. The maximum Gasteiger partial charge on any atom is 0.416 e. The number of aryl methyl sites for hydroxylation is 1. The second kappa shape index (κ2) is 7.93. The summed E-state index contributed by atoms with van der Waals surface area (Å²) in [4.78, 5) is 15.3. The standard InChI is InChI=1S/C22H22F3N5/c1-14-7-8-20(26-11-14)30-10-9-19-17(12-30)21(28-13-27-19)29-15(2)16-5-3-4-6-18(16)22(23,24)25/h3-8,11,13,15H,9-10,12H2,1-2H3,(H,27,28,29). The van der Waals surface area contributed by atoms with Gasteiger partial charge in [-0.2, -0.15) is 13.2 Å². The molecule has 1 N–H and O–H groups in total. The average Bonchev–Trinajstić information content (AvgIpc) is 2.73. The number of pyridine rings is 1. The minimum atomic E-state index is -4.41. The summed E-state index contributed by atoms with van der Waals surface area (Å²) in [5.41, 5.74) is 2.43. The molecule has 8 heteroatoms. The summed E-state index contributed by atoms with van der Waals surface area (Å²) in [6, 6.07) is 9.02. The maximum absolute atomic E-state index is 13.4. The lowest BCUT2D eigenvalue weighted by Crippen LogP contribution is -2.32. The summed E-state index contributed by atoms with van der Waals surface area (Å²) in [5, 5.41) is 3.18. The summed E-state index contributed by atoms with van der Waals surface area (Å²) in [6.07, 6.45) is -0.411. The van der Waals surface area contributed by atoms with Crippen molar-refractivity contribution in [1.82, 2.24) is 15.0 Å². The van der Waals surface area contributed by atoms with Gasteiger partial charge in [0.05, 0.1) is 17.3 Å². The van der Waals surface area contributed by atoms with Crippen LogP contribution in [0, 0.1) is 6.92 Å². The molecule has 1 atom stereocenters. The molecule has 1 aliphatic rings. The van der Waals surface area contributed by atoms with Crippen LogP contribution in [0.25, 0.3) is 0 Å². The molecule has 1 aromatic carbocycles. The normalized spacial score (nSPS) is 14.9. The number of nitrogens with one attached hydrogen (secondary N) is 1. The highest BCUT2D eigenvalue weighted by Crippen LogP contribution is 2.36. The van der Waals surface area contributed by atoms with Crippen molar-refractivity contribution in [2.45, 2.75) is 39.0 Å². The predicted octanol–water partition coefficient (Wildman–Crippen LogP) is 4.93. The summed E-state index contributed by atoms with van der Waals surface area (Å²) < 4.78 is 40.3. The van der Waals surface area contributed by atoms with Crippen LogP contribution in [0.15, 0.2) is 48.9 Å². The maximum atomic E-state index is 13.4. The number of alkyl halides is 3. The van der Waals surface area contributed by atoms with E-state index >= 15 is 0 Å². The molecular weight excluding hydrogens is 391 g/mol. The van der Waals surface area contributed by atoms with Crippen LogP contribution in [0.5, 0.6) is 0 Å². The molecule has 0 spiro atoms. The van der Waals surface area contributed by atoms with Gasteiger partial charge in [-0.25, -0.2) is 15.0 Å². The first-order valence-electron chi connectivity index (χ1n) is 9.76. The third-order valence-electron chi connectivity index (χ3n) is 5.31. The zero-order valence-corrected chi connectivity index (χ0v) is 16.7. The van der Waals surface area contributed by atoms with Crippen LogP contribution in [0.3, 0.4) is 0 Å². The van der Waals surface area contributed by atoms with Crippen molar-refractivity contribution in [3.8, 4) is 0 Å². The van der Waals surface area contributed by atoms with Crippen molar-refractivity contribution >= 4 is 11.6 Å². The molecule has 156 valence electrons. The van der Waals surface area contributed by atoms with Gasteiger partial charge in [-0.15, -0.1) is 0 Å². The Morgan fingerprint density at radius 3 is 2.60 bits per heavy atom. The van der Waals surface area contributed by atoms with Gasteiger partial charge in [0, 0.05) is 31.3 Å². The SMILES string of the molecule is Cc1ccc(N2CCc3ncnc(NC(C)c4ccccc4C(F)(F)F)c3C2)nc1. The molecule has 0 saturated carbocycles. The van der Waals surface area contributed by atoms with E-state index in [9.17, 15) is 13.2 Å². The lowest BCUT2D eigenvalue weighted by Gasteiger charge is -2.31. The number of anilines is 2. The van der Waals surface area contributed by atoms with Crippen molar-refractivity contribution in [2.24, 2.45) is 0 Å². The Morgan fingerprint density at radius 1 is 1.07 bits per heavy atom. The van der Waals surface area contributed by atoms with E-state index in [4.69, 9.17) is 0 Å². The minimum absolute atomic E-state index is 0.185. The highest BCUT2D eigenvalue weighted by Gasteiger charge is 2.34. The molecule has 1 aliphatic heterocycles. The van der Waals surface area contributed by atoms with Crippen molar-refractivity contribution in [2.75, 3.05) is 16.8 Å². The zero-order valence-electron chi connectivity index (χ0n) is 16.7. The van der Waals surface area contributed by atoms with Crippen LogP contribution in [0.1, 0.15) is 40.9 Å². The molecule has 3 aromatic rings.